The molecule has 1 aliphatic heterocycles. The highest BCUT2D eigenvalue weighted by molar-refractivity contribution is 9.10. The average Bonchev–Trinajstić information content (AvgIpc) is 3.11. The van der Waals surface area contributed by atoms with Crippen molar-refractivity contribution in [3.63, 3.8) is 0 Å². The normalized spacial score (nSPS) is 18.6. The summed E-state index contributed by atoms with van der Waals surface area (Å²) in [5.74, 6) is 1.16. The molecule has 31 heavy (non-hydrogen) atoms. The average molecular weight is 519 g/mol. The fourth-order valence-electron chi connectivity index (χ4n) is 3.73. The van der Waals surface area contributed by atoms with Gasteiger partial charge in [-0.05, 0) is 48.0 Å². The van der Waals surface area contributed by atoms with Gasteiger partial charge in [0.2, 0.25) is 5.95 Å². The number of anilines is 2. The molecule has 0 radical (unpaired) electrons. The van der Waals surface area contributed by atoms with E-state index in [4.69, 9.17) is 11.6 Å². The summed E-state index contributed by atoms with van der Waals surface area (Å²) in [4.78, 5) is 16.0. The third kappa shape index (κ3) is 4.33. The number of halogens is 5. The van der Waals surface area contributed by atoms with Gasteiger partial charge in [-0.2, -0.15) is 13.2 Å². The largest absolute Gasteiger partial charge is 0.416 e. The second-order valence-electron chi connectivity index (χ2n) is 7.65. The number of nitrogens with zero attached hydrogens (tertiary/aromatic N) is 4. The maximum absolute atomic E-state index is 13.1. The number of piperazine rings is 1. The molecule has 3 aromatic rings. The maximum Gasteiger partial charge on any atom is 0.416 e. The summed E-state index contributed by atoms with van der Waals surface area (Å²) in [7, 11) is 0. The molecule has 166 valence electrons. The second kappa shape index (κ2) is 8.14. The summed E-state index contributed by atoms with van der Waals surface area (Å²) in [6.45, 7) is 5.45. The van der Waals surface area contributed by atoms with Crippen LogP contribution in [0.2, 0.25) is 5.02 Å². The summed E-state index contributed by atoms with van der Waals surface area (Å²) in [6.07, 6.45) is -3.48. The first-order valence-corrected chi connectivity index (χ1v) is 10.8. The molecule has 1 saturated heterocycles. The Balaban J connectivity index is 1.57. The van der Waals surface area contributed by atoms with Gasteiger partial charge in [-0.1, -0.05) is 11.6 Å². The Morgan fingerprint density at radius 1 is 1.29 bits per heavy atom. The third-order valence-corrected chi connectivity index (χ3v) is 6.26. The first kappa shape index (κ1) is 22.2. The van der Waals surface area contributed by atoms with E-state index >= 15 is 0 Å². The molecule has 1 unspecified atom stereocenters. The Labute approximate surface area is 190 Å². The van der Waals surface area contributed by atoms with Crippen molar-refractivity contribution in [2.24, 2.45) is 0 Å². The predicted octanol–water partition coefficient (Wildman–Crippen LogP) is 5.16. The zero-order valence-electron chi connectivity index (χ0n) is 16.7. The number of hydrogen-bond donors (Lipinski definition) is 2. The van der Waals surface area contributed by atoms with Crippen molar-refractivity contribution in [3.05, 3.63) is 45.0 Å². The summed E-state index contributed by atoms with van der Waals surface area (Å²) in [5, 5.41) is 10.2. The molecule has 0 saturated carbocycles. The maximum atomic E-state index is 13.1. The Morgan fingerprint density at radius 2 is 2.03 bits per heavy atom. The van der Waals surface area contributed by atoms with Crippen LogP contribution in [0.5, 0.6) is 0 Å². The molecule has 2 aromatic heterocycles. The molecule has 1 fully saturated rings. The lowest BCUT2D eigenvalue weighted by molar-refractivity contribution is -0.137. The fourth-order valence-corrected chi connectivity index (χ4v) is 4.58. The van der Waals surface area contributed by atoms with Crippen LogP contribution in [0.1, 0.15) is 31.1 Å². The van der Waals surface area contributed by atoms with E-state index in [1.807, 2.05) is 11.8 Å². The zero-order valence-corrected chi connectivity index (χ0v) is 19.1. The number of nitrogens with one attached hydrogen (secondary N) is 1. The SMILES string of the molecule is CC1CN(c2ncc([C@H](C)O)cc2Cl)CCN1c1nc2c(Br)cc(C(F)(F)F)cc2[nH]1. The van der Waals surface area contributed by atoms with Crippen LogP contribution < -0.4 is 9.80 Å². The van der Waals surface area contributed by atoms with Gasteiger partial charge in [-0.25, -0.2) is 9.97 Å². The van der Waals surface area contributed by atoms with Crippen LogP contribution >= 0.6 is 27.5 Å². The van der Waals surface area contributed by atoms with Crippen LogP contribution in [0.4, 0.5) is 24.9 Å². The van der Waals surface area contributed by atoms with Crippen LogP contribution in [-0.4, -0.2) is 45.7 Å². The minimum Gasteiger partial charge on any atom is -0.389 e. The van der Waals surface area contributed by atoms with Crippen LogP contribution in [0, 0.1) is 0 Å². The smallest absolute Gasteiger partial charge is 0.389 e. The molecular weight excluding hydrogens is 499 g/mol. The van der Waals surface area contributed by atoms with Gasteiger partial charge in [0.25, 0.3) is 0 Å². The van der Waals surface area contributed by atoms with Gasteiger partial charge in [-0.15, -0.1) is 0 Å². The first-order valence-electron chi connectivity index (χ1n) is 9.66. The van der Waals surface area contributed by atoms with E-state index in [9.17, 15) is 18.3 Å². The summed E-state index contributed by atoms with van der Waals surface area (Å²) < 4.78 is 39.7. The van der Waals surface area contributed by atoms with E-state index in [0.29, 0.717) is 57.5 Å². The number of aromatic amines is 1. The highest BCUT2D eigenvalue weighted by atomic mass is 79.9. The van der Waals surface area contributed by atoms with E-state index in [0.717, 1.165) is 12.1 Å². The number of aliphatic hydroxyl groups excluding tert-OH is 1. The Hall–Kier alpha value is -2.04. The van der Waals surface area contributed by atoms with E-state index < -0.39 is 17.8 Å². The summed E-state index contributed by atoms with van der Waals surface area (Å²) >= 11 is 9.59. The number of H-pyrrole nitrogens is 1. The minimum atomic E-state index is -4.43. The number of alkyl halides is 3. The minimum absolute atomic E-state index is 0.00415. The van der Waals surface area contributed by atoms with Crippen LogP contribution in [0.15, 0.2) is 28.9 Å². The van der Waals surface area contributed by atoms with Crippen molar-refractivity contribution >= 4 is 50.3 Å². The number of aliphatic hydroxyl groups is 1. The molecule has 0 aliphatic carbocycles. The summed E-state index contributed by atoms with van der Waals surface area (Å²) in [5.41, 5.74) is 0.689. The van der Waals surface area contributed by atoms with Gasteiger partial charge < -0.3 is 19.9 Å². The number of aromatic nitrogens is 3. The topological polar surface area (TPSA) is 68.3 Å². The van der Waals surface area contributed by atoms with Crippen molar-refractivity contribution in [3.8, 4) is 0 Å². The van der Waals surface area contributed by atoms with Gasteiger partial charge in [0.15, 0.2) is 0 Å². The van der Waals surface area contributed by atoms with Gasteiger partial charge in [0.05, 0.1) is 22.2 Å². The molecule has 4 rings (SSSR count). The van der Waals surface area contributed by atoms with Crippen molar-refractivity contribution < 1.29 is 18.3 Å². The van der Waals surface area contributed by atoms with Crippen LogP contribution in [0.3, 0.4) is 0 Å². The monoisotopic (exact) mass is 517 g/mol. The Bertz CT molecular complexity index is 1120. The molecule has 1 aliphatic rings. The lowest BCUT2D eigenvalue weighted by Gasteiger charge is -2.40. The van der Waals surface area contributed by atoms with E-state index in [1.165, 1.54) is 0 Å². The molecule has 0 bridgehead atoms. The quantitative estimate of drug-likeness (QED) is 0.501. The molecular formula is C20H20BrClF3N5O. The van der Waals surface area contributed by atoms with Crippen molar-refractivity contribution in [2.45, 2.75) is 32.2 Å². The fraction of sp³-hybridized carbons (Fsp3) is 0.400. The highest BCUT2D eigenvalue weighted by Crippen LogP contribution is 2.36. The standard InChI is InChI=1S/C20H20BrClF3N5O/c1-10-9-29(18-15(22)5-12(8-26-18)11(2)31)3-4-30(10)19-27-16-7-13(20(23,24)25)6-14(21)17(16)28-19/h5-8,10-11,31H,3-4,9H2,1-2H3,(H,27,28)/t10?,11-/m0/s1. The molecule has 0 amide bonds. The molecule has 1 aromatic carbocycles. The molecule has 2 N–H and O–H groups in total. The Morgan fingerprint density at radius 3 is 2.65 bits per heavy atom. The van der Waals surface area contributed by atoms with Gasteiger partial charge in [0, 0.05) is 41.9 Å². The van der Waals surface area contributed by atoms with Gasteiger partial charge in [0.1, 0.15) is 11.3 Å². The lowest BCUT2D eigenvalue weighted by Crippen LogP contribution is -2.52. The van der Waals surface area contributed by atoms with E-state index in [1.54, 1.807) is 19.2 Å². The molecule has 2 atom stereocenters. The Kier molecular flexibility index (Phi) is 5.82. The number of hydrogen-bond acceptors (Lipinski definition) is 5. The zero-order chi connectivity index (χ0) is 22.5. The highest BCUT2D eigenvalue weighted by Gasteiger charge is 2.33. The lowest BCUT2D eigenvalue weighted by atomic mass is 10.1. The van der Waals surface area contributed by atoms with E-state index in [2.05, 4.69) is 35.8 Å². The van der Waals surface area contributed by atoms with Gasteiger partial charge in [-0.3, -0.25) is 0 Å². The predicted molar refractivity (Wildman–Crippen MR) is 118 cm³/mol. The van der Waals surface area contributed by atoms with Gasteiger partial charge >= 0.3 is 6.18 Å². The van der Waals surface area contributed by atoms with Crippen molar-refractivity contribution in [1.29, 1.82) is 0 Å². The number of imidazole rings is 1. The summed E-state index contributed by atoms with van der Waals surface area (Å²) in [6, 6.07) is 3.83. The molecule has 3 heterocycles. The molecule has 0 spiro atoms. The van der Waals surface area contributed by atoms with Crippen LogP contribution in [-0.2, 0) is 6.18 Å². The first-order chi connectivity index (χ1) is 14.5. The van der Waals surface area contributed by atoms with Crippen LogP contribution in [0.25, 0.3) is 11.0 Å². The van der Waals surface area contributed by atoms with Crippen molar-refractivity contribution in [2.75, 3.05) is 29.4 Å². The van der Waals surface area contributed by atoms with E-state index in [-0.39, 0.29) is 6.04 Å². The number of benzene rings is 1. The number of pyridine rings is 1. The third-order valence-electron chi connectivity index (χ3n) is 5.38. The number of rotatable bonds is 3. The number of fused-ring (bicyclic) bond motifs is 1. The van der Waals surface area contributed by atoms with Crippen molar-refractivity contribution in [1.82, 2.24) is 15.0 Å². The molecule has 11 heteroatoms. The second-order valence-corrected chi connectivity index (χ2v) is 8.91. The molecule has 6 nitrogen and oxygen atoms in total.